The van der Waals surface area contributed by atoms with Crippen LogP contribution in [0.25, 0.3) is 10.2 Å². The van der Waals surface area contributed by atoms with Crippen molar-refractivity contribution in [2.75, 3.05) is 6.61 Å². The predicted octanol–water partition coefficient (Wildman–Crippen LogP) is 1.10. The van der Waals surface area contributed by atoms with Gasteiger partial charge in [-0.3, -0.25) is 9.59 Å². The van der Waals surface area contributed by atoms with Gasteiger partial charge in [0.1, 0.15) is 15.8 Å². The fourth-order valence-corrected chi connectivity index (χ4v) is 2.68. The lowest BCUT2D eigenvalue weighted by molar-refractivity contribution is 0.0999. The van der Waals surface area contributed by atoms with Crippen LogP contribution in [-0.2, 0) is 7.05 Å². The summed E-state index contributed by atoms with van der Waals surface area (Å²) < 4.78 is 7.62. The molecule has 0 spiro atoms. The highest BCUT2D eigenvalue weighted by Crippen LogP contribution is 2.29. The minimum absolute atomic E-state index is 0.00454. The topological polar surface area (TPSA) is 74.3 Å². The van der Waals surface area contributed by atoms with E-state index in [0.29, 0.717) is 22.6 Å². The van der Waals surface area contributed by atoms with E-state index in [4.69, 9.17) is 10.5 Å². The maximum Gasteiger partial charge on any atom is 0.254 e. The average molecular weight is 252 g/mol. The Labute approximate surface area is 101 Å². The fourth-order valence-electron chi connectivity index (χ4n) is 1.70. The van der Waals surface area contributed by atoms with E-state index in [2.05, 4.69) is 0 Å². The molecular weight excluding hydrogens is 240 g/mol. The van der Waals surface area contributed by atoms with Crippen LogP contribution >= 0.6 is 11.3 Å². The molecule has 2 aromatic rings. The van der Waals surface area contributed by atoms with Crippen LogP contribution in [0, 0.1) is 0 Å². The number of aromatic nitrogens is 1. The Morgan fingerprint density at radius 2 is 2.29 bits per heavy atom. The summed E-state index contributed by atoms with van der Waals surface area (Å²) in [7, 11) is 1.75. The summed E-state index contributed by atoms with van der Waals surface area (Å²) in [4.78, 5) is 23.1. The summed E-state index contributed by atoms with van der Waals surface area (Å²) >= 11 is 1.26. The summed E-state index contributed by atoms with van der Waals surface area (Å²) in [6, 6.07) is 0. The van der Waals surface area contributed by atoms with Gasteiger partial charge in [0.25, 0.3) is 5.91 Å². The van der Waals surface area contributed by atoms with Gasteiger partial charge in [-0.1, -0.05) is 0 Å². The number of hydrogen-bond acceptors (Lipinski definition) is 4. The second kappa shape index (κ2) is 4.21. The number of nitrogens with zero attached hydrogens (tertiary/aromatic N) is 1. The molecule has 0 aromatic carbocycles. The lowest BCUT2D eigenvalue weighted by Gasteiger charge is -2.06. The molecule has 90 valence electrons. The van der Waals surface area contributed by atoms with Gasteiger partial charge in [-0.15, -0.1) is 11.3 Å². The highest BCUT2D eigenvalue weighted by Gasteiger charge is 2.16. The van der Waals surface area contributed by atoms with Crippen molar-refractivity contribution < 1.29 is 9.53 Å². The Hall–Kier alpha value is -1.82. The summed E-state index contributed by atoms with van der Waals surface area (Å²) in [6.07, 6.45) is 1.45. The Morgan fingerprint density at radius 3 is 2.88 bits per heavy atom. The smallest absolute Gasteiger partial charge is 0.254 e. The average Bonchev–Trinajstić information content (AvgIpc) is 2.68. The molecule has 2 aromatic heterocycles. The maximum absolute atomic E-state index is 12.0. The van der Waals surface area contributed by atoms with Crippen molar-refractivity contribution in [3.05, 3.63) is 27.4 Å². The largest absolute Gasteiger partial charge is 0.491 e. The van der Waals surface area contributed by atoms with E-state index in [-0.39, 0.29) is 11.0 Å². The molecule has 0 aliphatic heterocycles. The summed E-state index contributed by atoms with van der Waals surface area (Å²) in [5.74, 6) is -0.0537. The van der Waals surface area contributed by atoms with Gasteiger partial charge in [0, 0.05) is 18.6 Å². The van der Waals surface area contributed by atoms with Gasteiger partial charge in [0.2, 0.25) is 5.43 Å². The molecule has 0 aliphatic carbocycles. The molecule has 0 saturated heterocycles. The number of rotatable bonds is 3. The third-order valence-electron chi connectivity index (χ3n) is 2.42. The van der Waals surface area contributed by atoms with Gasteiger partial charge in [0.05, 0.1) is 6.61 Å². The first-order valence-electron chi connectivity index (χ1n) is 5.09. The van der Waals surface area contributed by atoms with Crippen molar-refractivity contribution in [3.8, 4) is 5.75 Å². The van der Waals surface area contributed by atoms with E-state index >= 15 is 0 Å². The number of amides is 1. The first-order chi connectivity index (χ1) is 8.06. The van der Waals surface area contributed by atoms with Crippen molar-refractivity contribution in [2.45, 2.75) is 6.92 Å². The molecule has 2 N–H and O–H groups in total. The minimum Gasteiger partial charge on any atom is -0.491 e. The number of fused-ring (bicyclic) bond motifs is 1. The molecule has 0 unspecified atom stereocenters. The van der Waals surface area contributed by atoms with Crippen molar-refractivity contribution in [2.24, 2.45) is 12.8 Å². The molecule has 0 saturated carbocycles. The summed E-state index contributed by atoms with van der Waals surface area (Å²) in [6.45, 7) is 2.40. The van der Waals surface area contributed by atoms with E-state index in [9.17, 15) is 9.59 Å². The molecule has 0 aliphatic rings. The SMILES string of the molecule is CCOc1csc2c(=O)c(C(N)=O)cn(C)c12. The first kappa shape index (κ1) is 11.7. The number of nitrogens with two attached hydrogens (primary N) is 1. The van der Waals surface area contributed by atoms with Crippen LogP contribution in [-0.4, -0.2) is 17.1 Å². The zero-order chi connectivity index (χ0) is 12.6. The molecule has 2 rings (SSSR count). The molecule has 0 atom stereocenters. The van der Waals surface area contributed by atoms with Gasteiger partial charge in [-0.2, -0.15) is 0 Å². The number of carbonyl (C=O) groups excluding carboxylic acids is 1. The van der Waals surface area contributed by atoms with Crippen LogP contribution in [0.5, 0.6) is 5.75 Å². The van der Waals surface area contributed by atoms with Gasteiger partial charge < -0.3 is 15.0 Å². The van der Waals surface area contributed by atoms with Crippen LogP contribution in [0.1, 0.15) is 17.3 Å². The van der Waals surface area contributed by atoms with E-state index in [1.807, 2.05) is 6.92 Å². The Balaban J connectivity index is 2.80. The number of hydrogen-bond donors (Lipinski definition) is 1. The third kappa shape index (κ3) is 1.80. The van der Waals surface area contributed by atoms with E-state index < -0.39 is 5.91 Å². The molecule has 0 fully saturated rings. The van der Waals surface area contributed by atoms with E-state index in [1.54, 1.807) is 17.0 Å². The highest BCUT2D eigenvalue weighted by atomic mass is 32.1. The molecule has 5 nitrogen and oxygen atoms in total. The van der Waals surface area contributed by atoms with Gasteiger partial charge >= 0.3 is 0 Å². The van der Waals surface area contributed by atoms with Gasteiger partial charge in [0.15, 0.2) is 5.75 Å². The third-order valence-corrected chi connectivity index (χ3v) is 3.37. The number of carbonyl (C=O) groups is 1. The number of aryl methyl sites for hydroxylation is 1. The zero-order valence-corrected chi connectivity index (χ0v) is 10.3. The van der Waals surface area contributed by atoms with Gasteiger partial charge in [-0.05, 0) is 6.92 Å². The molecule has 2 heterocycles. The minimum atomic E-state index is -0.709. The number of primary amides is 1. The van der Waals surface area contributed by atoms with Crippen molar-refractivity contribution >= 4 is 27.5 Å². The lowest BCUT2D eigenvalue weighted by Crippen LogP contribution is -2.23. The number of pyridine rings is 1. The number of thiophene rings is 1. The molecule has 0 bridgehead atoms. The normalized spacial score (nSPS) is 10.7. The van der Waals surface area contributed by atoms with Crippen molar-refractivity contribution in [3.63, 3.8) is 0 Å². The molecular formula is C11H12N2O3S. The van der Waals surface area contributed by atoms with Crippen molar-refractivity contribution in [1.29, 1.82) is 0 Å². The monoisotopic (exact) mass is 252 g/mol. The summed E-state index contributed by atoms with van der Waals surface area (Å²) in [5.41, 5.74) is 5.53. The second-order valence-corrected chi connectivity index (χ2v) is 4.44. The predicted molar refractivity (Wildman–Crippen MR) is 66.8 cm³/mol. The quantitative estimate of drug-likeness (QED) is 0.888. The second-order valence-electron chi connectivity index (χ2n) is 3.56. The standard InChI is InChI=1S/C11H12N2O3S/c1-3-16-7-5-17-10-8(7)13(2)4-6(9(10)14)11(12)15/h4-5H,3H2,1-2H3,(H2,12,15). The van der Waals surface area contributed by atoms with Crippen LogP contribution in [0.2, 0.25) is 0 Å². The zero-order valence-electron chi connectivity index (χ0n) is 9.52. The van der Waals surface area contributed by atoms with E-state index in [1.165, 1.54) is 17.5 Å². The van der Waals surface area contributed by atoms with Gasteiger partial charge in [-0.25, -0.2) is 0 Å². The Bertz CT molecular complexity index is 642. The Morgan fingerprint density at radius 1 is 1.59 bits per heavy atom. The van der Waals surface area contributed by atoms with Crippen LogP contribution in [0.15, 0.2) is 16.4 Å². The van der Waals surface area contributed by atoms with Crippen LogP contribution < -0.4 is 15.9 Å². The number of ether oxygens (including phenoxy) is 1. The summed E-state index contributed by atoms with van der Waals surface area (Å²) in [5, 5.41) is 1.76. The molecule has 6 heteroatoms. The van der Waals surface area contributed by atoms with Crippen LogP contribution in [0.3, 0.4) is 0 Å². The van der Waals surface area contributed by atoms with Crippen molar-refractivity contribution in [1.82, 2.24) is 4.57 Å². The Kier molecular flexibility index (Phi) is 2.89. The van der Waals surface area contributed by atoms with Crippen LogP contribution in [0.4, 0.5) is 0 Å². The van der Waals surface area contributed by atoms with E-state index in [0.717, 1.165) is 0 Å². The maximum atomic E-state index is 12.0. The molecule has 17 heavy (non-hydrogen) atoms. The lowest BCUT2D eigenvalue weighted by atomic mass is 10.2. The fraction of sp³-hybridized carbons (Fsp3) is 0.273. The molecule has 0 radical (unpaired) electrons. The first-order valence-corrected chi connectivity index (χ1v) is 5.97. The molecule has 1 amide bonds. The highest BCUT2D eigenvalue weighted by molar-refractivity contribution is 7.17.